The first-order valence-corrected chi connectivity index (χ1v) is 9.11. The minimum absolute atomic E-state index is 0.00922. The van der Waals surface area contributed by atoms with E-state index in [0.29, 0.717) is 11.7 Å². The largest absolute Gasteiger partial charge is 0.326 e. The third-order valence-corrected chi connectivity index (χ3v) is 5.64. The van der Waals surface area contributed by atoms with Crippen LogP contribution in [0.15, 0.2) is 23.1 Å². The molecule has 6 heteroatoms. The van der Waals surface area contributed by atoms with Crippen molar-refractivity contribution in [3.8, 4) is 0 Å². The Morgan fingerprint density at radius 2 is 2.10 bits per heavy atom. The zero-order valence-corrected chi connectivity index (χ0v) is 13.0. The zero-order chi connectivity index (χ0) is 15.2. The molecule has 3 rings (SSSR count). The van der Waals surface area contributed by atoms with Crippen LogP contribution in [-0.4, -0.2) is 32.7 Å². The molecule has 1 aromatic rings. The van der Waals surface area contributed by atoms with Crippen LogP contribution in [0.1, 0.15) is 24.8 Å². The highest BCUT2D eigenvalue weighted by molar-refractivity contribution is 7.90. The number of fused-ring (bicyclic) bond motifs is 2. The van der Waals surface area contributed by atoms with Crippen molar-refractivity contribution in [3.63, 3.8) is 0 Å². The molecule has 5 nitrogen and oxygen atoms in total. The monoisotopic (exact) mass is 308 g/mol. The van der Waals surface area contributed by atoms with E-state index in [-0.39, 0.29) is 22.8 Å². The molecule has 0 radical (unpaired) electrons. The van der Waals surface area contributed by atoms with Crippen molar-refractivity contribution in [1.82, 2.24) is 5.32 Å². The molecule has 2 aliphatic rings. The molecule has 0 saturated carbocycles. The molecule has 3 unspecified atom stereocenters. The summed E-state index contributed by atoms with van der Waals surface area (Å²) in [5.74, 6) is -0.0199. The van der Waals surface area contributed by atoms with Gasteiger partial charge in [-0.3, -0.25) is 4.79 Å². The molecule has 0 aromatic heterocycles. The van der Waals surface area contributed by atoms with E-state index < -0.39 is 9.84 Å². The average Bonchev–Trinajstić information content (AvgIpc) is 3.02. The molecular formula is C15H20N2O3S. The predicted octanol–water partition coefficient (Wildman–Crippen LogP) is 1.48. The average molecular weight is 308 g/mol. The number of hydrogen-bond donors (Lipinski definition) is 2. The summed E-state index contributed by atoms with van der Waals surface area (Å²) >= 11 is 0. The van der Waals surface area contributed by atoms with Crippen LogP contribution in [0.2, 0.25) is 0 Å². The van der Waals surface area contributed by atoms with Crippen LogP contribution in [0.3, 0.4) is 0 Å². The number of aryl methyl sites for hydroxylation is 1. The van der Waals surface area contributed by atoms with Gasteiger partial charge >= 0.3 is 0 Å². The molecule has 2 heterocycles. The van der Waals surface area contributed by atoms with Crippen molar-refractivity contribution in [2.75, 3.05) is 11.6 Å². The maximum atomic E-state index is 12.4. The number of benzene rings is 1. The fraction of sp³-hybridized carbons (Fsp3) is 0.533. The molecular weight excluding hydrogens is 288 g/mol. The smallest absolute Gasteiger partial charge is 0.229 e. The SMILES string of the molecule is Cc1ccc(S(C)(=O)=O)cc1NC(=O)C1CC2CCC1N2. The molecule has 2 saturated heterocycles. The summed E-state index contributed by atoms with van der Waals surface area (Å²) in [6, 6.07) is 5.58. The van der Waals surface area contributed by atoms with Gasteiger partial charge in [-0.25, -0.2) is 8.42 Å². The number of sulfone groups is 1. The van der Waals surface area contributed by atoms with Crippen molar-refractivity contribution in [1.29, 1.82) is 0 Å². The summed E-state index contributed by atoms with van der Waals surface area (Å²) in [5.41, 5.74) is 1.46. The summed E-state index contributed by atoms with van der Waals surface area (Å²) in [6.07, 6.45) is 4.24. The summed E-state index contributed by atoms with van der Waals surface area (Å²) in [4.78, 5) is 12.6. The summed E-state index contributed by atoms with van der Waals surface area (Å²) in [5, 5.41) is 6.34. The minimum atomic E-state index is -3.27. The highest BCUT2D eigenvalue weighted by Crippen LogP contribution is 2.34. The van der Waals surface area contributed by atoms with Gasteiger partial charge in [0.05, 0.1) is 10.8 Å². The summed E-state index contributed by atoms with van der Waals surface area (Å²) in [6.45, 7) is 1.86. The van der Waals surface area contributed by atoms with Crippen LogP contribution in [-0.2, 0) is 14.6 Å². The number of hydrogen-bond acceptors (Lipinski definition) is 4. The van der Waals surface area contributed by atoms with Crippen molar-refractivity contribution in [2.45, 2.75) is 43.2 Å². The number of rotatable bonds is 3. The van der Waals surface area contributed by atoms with Gasteiger partial charge in [-0.1, -0.05) is 6.07 Å². The molecule has 114 valence electrons. The Bertz CT molecular complexity index is 684. The van der Waals surface area contributed by atoms with Crippen molar-refractivity contribution in [2.24, 2.45) is 5.92 Å². The van der Waals surface area contributed by atoms with E-state index in [2.05, 4.69) is 10.6 Å². The number of amides is 1. The van der Waals surface area contributed by atoms with Gasteiger partial charge in [0.25, 0.3) is 0 Å². The first kappa shape index (κ1) is 14.5. The van der Waals surface area contributed by atoms with Crippen LogP contribution >= 0.6 is 0 Å². The van der Waals surface area contributed by atoms with Gasteiger partial charge < -0.3 is 10.6 Å². The molecule has 0 spiro atoms. The van der Waals surface area contributed by atoms with Gasteiger partial charge in [-0.15, -0.1) is 0 Å². The number of nitrogens with one attached hydrogen (secondary N) is 2. The quantitative estimate of drug-likeness (QED) is 0.887. The fourth-order valence-corrected chi connectivity index (χ4v) is 3.95. The second kappa shape index (κ2) is 5.10. The van der Waals surface area contributed by atoms with Gasteiger partial charge in [0.1, 0.15) is 0 Å². The molecule has 21 heavy (non-hydrogen) atoms. The number of carbonyl (C=O) groups is 1. The van der Waals surface area contributed by atoms with Gasteiger partial charge in [0.15, 0.2) is 9.84 Å². The molecule has 2 fully saturated rings. The second-order valence-electron chi connectivity index (χ2n) is 6.13. The lowest BCUT2D eigenvalue weighted by atomic mass is 9.88. The van der Waals surface area contributed by atoms with Crippen LogP contribution in [0.5, 0.6) is 0 Å². The maximum absolute atomic E-state index is 12.4. The lowest BCUT2D eigenvalue weighted by Gasteiger charge is -2.20. The van der Waals surface area contributed by atoms with E-state index >= 15 is 0 Å². The van der Waals surface area contributed by atoms with E-state index in [1.807, 2.05) is 6.92 Å². The van der Waals surface area contributed by atoms with Crippen molar-refractivity contribution in [3.05, 3.63) is 23.8 Å². The highest BCUT2D eigenvalue weighted by atomic mass is 32.2. The Hall–Kier alpha value is -1.40. The third-order valence-electron chi connectivity index (χ3n) is 4.53. The van der Waals surface area contributed by atoms with Gasteiger partial charge in [0, 0.05) is 24.0 Å². The van der Waals surface area contributed by atoms with Crippen LogP contribution in [0.25, 0.3) is 0 Å². The lowest BCUT2D eigenvalue weighted by molar-refractivity contribution is -0.120. The fourth-order valence-electron chi connectivity index (χ4n) is 3.31. The van der Waals surface area contributed by atoms with E-state index in [1.54, 1.807) is 18.2 Å². The van der Waals surface area contributed by atoms with Crippen LogP contribution in [0.4, 0.5) is 5.69 Å². The Morgan fingerprint density at radius 1 is 1.33 bits per heavy atom. The molecule has 2 N–H and O–H groups in total. The lowest BCUT2D eigenvalue weighted by Crippen LogP contribution is -2.33. The first-order valence-electron chi connectivity index (χ1n) is 7.22. The first-order chi connectivity index (χ1) is 9.84. The van der Waals surface area contributed by atoms with E-state index in [1.165, 1.54) is 6.26 Å². The number of anilines is 1. The molecule has 1 amide bonds. The Balaban J connectivity index is 1.80. The zero-order valence-electron chi connectivity index (χ0n) is 12.2. The normalized spacial score (nSPS) is 27.8. The second-order valence-corrected chi connectivity index (χ2v) is 8.14. The standard InChI is InChI=1S/C15H20N2O3S/c1-9-3-5-11(21(2,19)20)8-14(9)17-15(18)12-7-10-4-6-13(12)16-10/h3,5,8,10,12-13,16H,4,6-7H2,1-2H3,(H,17,18). The topological polar surface area (TPSA) is 75.3 Å². The van der Waals surface area contributed by atoms with Crippen LogP contribution in [0, 0.1) is 12.8 Å². The van der Waals surface area contributed by atoms with E-state index in [0.717, 1.165) is 24.8 Å². The summed E-state index contributed by atoms with van der Waals surface area (Å²) < 4.78 is 23.2. The Labute approximate surface area is 125 Å². The summed E-state index contributed by atoms with van der Waals surface area (Å²) in [7, 11) is -3.27. The Kier molecular flexibility index (Phi) is 3.53. The van der Waals surface area contributed by atoms with Gasteiger partial charge in [0.2, 0.25) is 5.91 Å². The van der Waals surface area contributed by atoms with Gasteiger partial charge in [-0.2, -0.15) is 0 Å². The molecule has 2 aliphatic heterocycles. The van der Waals surface area contributed by atoms with E-state index in [9.17, 15) is 13.2 Å². The Morgan fingerprint density at radius 3 is 2.67 bits per heavy atom. The molecule has 2 bridgehead atoms. The third kappa shape index (κ3) is 2.82. The minimum Gasteiger partial charge on any atom is -0.326 e. The molecule has 3 atom stereocenters. The van der Waals surface area contributed by atoms with Crippen LogP contribution < -0.4 is 10.6 Å². The predicted molar refractivity (Wildman–Crippen MR) is 81.0 cm³/mol. The maximum Gasteiger partial charge on any atom is 0.229 e. The molecule has 1 aromatic carbocycles. The van der Waals surface area contributed by atoms with Crippen molar-refractivity contribution >= 4 is 21.4 Å². The van der Waals surface area contributed by atoms with Gasteiger partial charge in [-0.05, 0) is 43.9 Å². The number of carbonyl (C=O) groups excluding carboxylic acids is 1. The van der Waals surface area contributed by atoms with E-state index in [4.69, 9.17) is 0 Å². The highest BCUT2D eigenvalue weighted by Gasteiger charge is 2.42. The van der Waals surface area contributed by atoms with Crippen molar-refractivity contribution < 1.29 is 13.2 Å². The molecule has 0 aliphatic carbocycles.